The summed E-state index contributed by atoms with van der Waals surface area (Å²) in [7, 11) is 0. The van der Waals surface area contributed by atoms with Crippen LogP contribution in [0.4, 0.5) is 0 Å². The first kappa shape index (κ1) is 3.49. The van der Waals surface area contributed by atoms with Crippen LogP contribution in [-0.2, 0) is 0 Å². The minimum atomic E-state index is 0.644. The average molecular weight is 205 g/mol. The Morgan fingerprint density at radius 1 is 1.57 bits per heavy atom. The summed E-state index contributed by atoms with van der Waals surface area (Å²) in [5, 5.41) is 0. The van der Waals surface area contributed by atoms with Crippen LogP contribution in [0, 0.1) is 5.92 Å². The average Bonchev–Trinajstić information content (AvgIpc) is 2.47. The number of fused-ring (bicyclic) bond motifs is 2. The zero-order chi connectivity index (χ0) is 4.43. The van der Waals surface area contributed by atoms with Crippen molar-refractivity contribution in [2.75, 3.05) is 0 Å². The predicted octanol–water partition coefficient (Wildman–Crippen LogP) is -1.86. The fourth-order valence-corrected chi connectivity index (χ4v) is 5.45. The van der Waals surface area contributed by atoms with E-state index in [1.165, 1.54) is 16.3 Å². The molecule has 0 radical (unpaired) electrons. The van der Waals surface area contributed by atoms with E-state index in [1.54, 1.807) is 6.42 Å². The van der Waals surface area contributed by atoms with E-state index >= 15 is 0 Å². The van der Waals surface area contributed by atoms with E-state index in [0.717, 1.165) is 0 Å². The summed E-state index contributed by atoms with van der Waals surface area (Å²) in [4.78, 5) is 0. The van der Waals surface area contributed by atoms with Crippen molar-refractivity contribution in [1.82, 2.24) is 0 Å². The monoisotopic (exact) mass is 205 g/mol. The zero-order valence-corrected chi connectivity index (χ0v) is 6.10. The molecule has 0 aromatic carbocycles. The van der Waals surface area contributed by atoms with Gasteiger partial charge in [-0.2, -0.15) is 0 Å². The van der Waals surface area contributed by atoms with Crippen LogP contribution >= 0.6 is 0 Å². The Kier molecular flexibility index (Phi) is 0.403. The normalized spacial score (nSPS) is 52.6. The maximum atomic E-state index is 1.94. The number of hydrogen-bond acceptors (Lipinski definition) is 0. The molecule has 3 rings (SSSR count). The first-order valence-electron chi connectivity index (χ1n) is 2.80. The molecular formula is C6H6I-. The molecule has 1 fully saturated rings. The van der Waals surface area contributed by atoms with Gasteiger partial charge in [0.15, 0.2) is 0 Å². The van der Waals surface area contributed by atoms with Crippen molar-refractivity contribution in [3.8, 4) is 0 Å². The second kappa shape index (κ2) is 0.809. The Hall–Kier alpha value is 0.470. The van der Waals surface area contributed by atoms with E-state index in [2.05, 4.69) is 0 Å². The molecule has 0 aromatic rings. The third kappa shape index (κ3) is 0.309. The third-order valence-corrected chi connectivity index (χ3v) is 6.00. The van der Waals surface area contributed by atoms with Gasteiger partial charge in [-0.1, -0.05) is 0 Å². The SMILES string of the molecule is C1C2=C1C1CC1[I-]2. The van der Waals surface area contributed by atoms with Crippen LogP contribution in [-0.4, -0.2) is 3.92 Å². The van der Waals surface area contributed by atoms with Crippen LogP contribution in [0.25, 0.3) is 0 Å². The summed E-state index contributed by atoms with van der Waals surface area (Å²) in [6, 6.07) is 0. The van der Waals surface area contributed by atoms with Gasteiger partial charge in [0.05, 0.1) is 0 Å². The molecule has 0 N–H and O–H groups in total. The molecule has 3 aliphatic rings. The number of hydrogen-bond donors (Lipinski definition) is 0. The van der Waals surface area contributed by atoms with Crippen LogP contribution in [0.2, 0.25) is 0 Å². The van der Waals surface area contributed by atoms with E-state index in [0.29, 0.717) is 21.2 Å². The third-order valence-electron chi connectivity index (χ3n) is 2.00. The molecule has 0 nitrogen and oxygen atoms in total. The standard InChI is InChI=1S/C6H6I/c1-3-4-2-6(4)7-5(1)3/h3,5H,1-2H2/q-1. The van der Waals surface area contributed by atoms with Crippen LogP contribution < -0.4 is 21.2 Å². The van der Waals surface area contributed by atoms with Crippen molar-refractivity contribution in [1.29, 1.82) is 0 Å². The summed E-state index contributed by atoms with van der Waals surface area (Å²) in [5.74, 6) is 1.18. The molecule has 0 spiro atoms. The second-order valence-electron chi connectivity index (χ2n) is 2.57. The van der Waals surface area contributed by atoms with Crippen molar-refractivity contribution in [3.63, 3.8) is 0 Å². The van der Waals surface area contributed by atoms with E-state index in [9.17, 15) is 0 Å². The summed E-state index contributed by atoms with van der Waals surface area (Å²) < 4.78 is 3.22. The van der Waals surface area contributed by atoms with Gasteiger partial charge in [-0.05, 0) is 0 Å². The first-order chi connectivity index (χ1) is 3.45. The summed E-state index contributed by atoms with van der Waals surface area (Å²) in [6.45, 7) is 0. The summed E-state index contributed by atoms with van der Waals surface area (Å²) in [6.07, 6.45) is 3.10. The quantitative estimate of drug-likeness (QED) is 0.321. The molecule has 1 heteroatoms. The van der Waals surface area contributed by atoms with E-state index in [1.807, 2.05) is 9.15 Å². The van der Waals surface area contributed by atoms with Gasteiger partial charge in [0.25, 0.3) is 0 Å². The van der Waals surface area contributed by atoms with Crippen molar-refractivity contribution in [3.05, 3.63) is 9.15 Å². The maximum absolute atomic E-state index is 1.94. The number of allylic oxidation sites excluding steroid dienone is 2. The van der Waals surface area contributed by atoms with Crippen molar-refractivity contribution < 1.29 is 21.2 Å². The molecule has 38 valence electrons. The first-order valence-corrected chi connectivity index (χ1v) is 5.13. The molecule has 1 heterocycles. The van der Waals surface area contributed by atoms with Crippen molar-refractivity contribution >= 4 is 0 Å². The number of alkyl halides is 1. The van der Waals surface area contributed by atoms with Gasteiger partial charge in [-0.15, -0.1) is 0 Å². The molecule has 2 atom stereocenters. The van der Waals surface area contributed by atoms with Gasteiger partial charge in [0.1, 0.15) is 0 Å². The number of halogens is 1. The Balaban J connectivity index is 2.16. The van der Waals surface area contributed by atoms with Gasteiger partial charge < -0.3 is 0 Å². The molecule has 7 heavy (non-hydrogen) atoms. The molecule has 2 aliphatic carbocycles. The second-order valence-corrected chi connectivity index (χ2v) is 6.10. The molecular weight excluding hydrogens is 199 g/mol. The number of rotatable bonds is 0. The van der Waals surface area contributed by atoms with E-state index in [4.69, 9.17) is 0 Å². The molecule has 0 bridgehead atoms. The van der Waals surface area contributed by atoms with Crippen LogP contribution in [0.3, 0.4) is 0 Å². The zero-order valence-electron chi connectivity index (χ0n) is 3.95. The fraction of sp³-hybridized carbons (Fsp3) is 0.667. The molecule has 0 aromatic heterocycles. The Bertz CT molecular complexity index is 169. The van der Waals surface area contributed by atoms with Gasteiger partial charge >= 0.3 is 53.0 Å². The minimum absolute atomic E-state index is 0.644. The van der Waals surface area contributed by atoms with E-state index < -0.39 is 0 Å². The fourth-order valence-electron chi connectivity index (χ4n) is 1.38. The Morgan fingerprint density at radius 3 is 3.00 bits per heavy atom. The van der Waals surface area contributed by atoms with Gasteiger partial charge in [0, 0.05) is 0 Å². The van der Waals surface area contributed by atoms with Gasteiger partial charge in [0.2, 0.25) is 0 Å². The van der Waals surface area contributed by atoms with E-state index in [-0.39, 0.29) is 0 Å². The topological polar surface area (TPSA) is 0 Å². The molecule has 1 saturated carbocycles. The Labute approximate surface area is 53.2 Å². The summed E-state index contributed by atoms with van der Waals surface area (Å²) >= 11 is 0.644. The van der Waals surface area contributed by atoms with Crippen LogP contribution in [0.15, 0.2) is 9.15 Å². The molecule has 1 aliphatic heterocycles. The summed E-state index contributed by atoms with van der Waals surface area (Å²) in [5.41, 5.74) is 1.91. The van der Waals surface area contributed by atoms with Gasteiger partial charge in [-0.3, -0.25) is 0 Å². The van der Waals surface area contributed by atoms with Gasteiger partial charge in [-0.25, -0.2) is 0 Å². The molecule has 0 amide bonds. The predicted molar refractivity (Wildman–Crippen MR) is 23.5 cm³/mol. The van der Waals surface area contributed by atoms with Crippen LogP contribution in [0.5, 0.6) is 0 Å². The van der Waals surface area contributed by atoms with Crippen LogP contribution in [0.1, 0.15) is 12.8 Å². The van der Waals surface area contributed by atoms with Crippen molar-refractivity contribution in [2.45, 2.75) is 16.8 Å². The van der Waals surface area contributed by atoms with Crippen molar-refractivity contribution in [2.24, 2.45) is 5.92 Å². The molecule has 0 saturated heterocycles. The Morgan fingerprint density at radius 2 is 2.57 bits per heavy atom. The molecule has 2 unspecified atom stereocenters.